The Morgan fingerprint density at radius 3 is 2.30 bits per heavy atom. The van der Waals surface area contributed by atoms with E-state index in [4.69, 9.17) is 14.6 Å². The first-order valence-corrected chi connectivity index (χ1v) is 9.07. The molecule has 2 aromatic carbocycles. The quantitative estimate of drug-likeness (QED) is 0.879. The number of nitrogens with zero attached hydrogens (tertiary/aromatic N) is 1. The molecule has 0 bridgehead atoms. The van der Waals surface area contributed by atoms with Crippen LogP contribution in [0.3, 0.4) is 0 Å². The Morgan fingerprint density at radius 2 is 1.67 bits per heavy atom. The average molecular weight is 367 g/mol. The summed E-state index contributed by atoms with van der Waals surface area (Å²) in [6.45, 7) is 0.818. The number of rotatable bonds is 5. The van der Waals surface area contributed by atoms with Gasteiger partial charge in [0.25, 0.3) is 0 Å². The number of likely N-dealkylation sites (tertiary alicyclic amines) is 1. The molecule has 0 radical (unpaired) electrons. The van der Waals surface area contributed by atoms with Gasteiger partial charge in [-0.25, -0.2) is 9.59 Å². The zero-order valence-electron chi connectivity index (χ0n) is 14.8. The lowest BCUT2D eigenvalue weighted by Gasteiger charge is -2.19. The predicted octanol–water partition coefficient (Wildman–Crippen LogP) is 3.11. The minimum atomic E-state index is -1.01. The highest BCUT2D eigenvalue weighted by molar-refractivity contribution is 5.79. The van der Waals surface area contributed by atoms with Gasteiger partial charge in [-0.2, -0.15) is 0 Å². The number of hydrogen-bond donors (Lipinski definition) is 1. The molecule has 0 unspecified atom stereocenters. The van der Waals surface area contributed by atoms with Gasteiger partial charge in [0.15, 0.2) is 0 Å². The van der Waals surface area contributed by atoms with Crippen molar-refractivity contribution in [1.82, 2.24) is 4.90 Å². The van der Waals surface area contributed by atoms with E-state index in [2.05, 4.69) is 24.3 Å². The lowest BCUT2D eigenvalue weighted by molar-refractivity contribution is -0.144. The average Bonchev–Trinajstić information content (AvgIpc) is 3.28. The molecule has 1 aliphatic heterocycles. The van der Waals surface area contributed by atoms with E-state index in [-0.39, 0.29) is 31.3 Å². The molecule has 1 atom stereocenters. The lowest BCUT2D eigenvalue weighted by Crippen LogP contribution is -2.32. The lowest BCUT2D eigenvalue weighted by atomic mass is 9.98. The van der Waals surface area contributed by atoms with Crippen molar-refractivity contribution in [1.29, 1.82) is 0 Å². The molecule has 0 saturated carbocycles. The third kappa shape index (κ3) is 3.53. The highest BCUT2D eigenvalue weighted by Gasteiger charge is 2.32. The Labute approximate surface area is 157 Å². The summed E-state index contributed by atoms with van der Waals surface area (Å²) in [5.41, 5.74) is 4.74. The van der Waals surface area contributed by atoms with Crippen molar-refractivity contribution in [3.8, 4) is 11.1 Å². The topological polar surface area (TPSA) is 76.1 Å². The second kappa shape index (κ2) is 7.40. The van der Waals surface area contributed by atoms with Gasteiger partial charge in [-0.1, -0.05) is 48.5 Å². The first-order chi connectivity index (χ1) is 13.1. The number of fused-ring (bicyclic) bond motifs is 3. The van der Waals surface area contributed by atoms with Crippen LogP contribution in [0.15, 0.2) is 48.5 Å². The Bertz CT molecular complexity index is 820. The van der Waals surface area contributed by atoms with Crippen LogP contribution in [0.25, 0.3) is 11.1 Å². The van der Waals surface area contributed by atoms with E-state index >= 15 is 0 Å². The molecule has 2 aliphatic rings. The van der Waals surface area contributed by atoms with Gasteiger partial charge in [-0.3, -0.25) is 0 Å². The van der Waals surface area contributed by atoms with E-state index in [1.807, 2.05) is 24.3 Å². The zero-order chi connectivity index (χ0) is 18.8. The molecule has 140 valence electrons. The fourth-order valence-corrected chi connectivity index (χ4v) is 3.90. The summed E-state index contributed by atoms with van der Waals surface area (Å²) in [7, 11) is 0. The van der Waals surface area contributed by atoms with Crippen molar-refractivity contribution < 1.29 is 24.2 Å². The third-order valence-corrected chi connectivity index (χ3v) is 5.18. The summed E-state index contributed by atoms with van der Waals surface area (Å²) in [5.74, 6) is -0.974. The highest BCUT2D eigenvalue weighted by Crippen LogP contribution is 2.44. The normalized spacial score (nSPS) is 18.2. The summed E-state index contributed by atoms with van der Waals surface area (Å²) < 4.78 is 10.9. The number of benzene rings is 2. The summed E-state index contributed by atoms with van der Waals surface area (Å²) in [4.78, 5) is 24.6. The van der Waals surface area contributed by atoms with Crippen LogP contribution in [-0.4, -0.2) is 54.5 Å². The molecule has 4 rings (SSSR count). The monoisotopic (exact) mass is 367 g/mol. The number of carboxylic acid groups (broad SMARTS) is 1. The van der Waals surface area contributed by atoms with Crippen LogP contribution in [0.1, 0.15) is 23.5 Å². The largest absolute Gasteiger partial charge is 0.480 e. The van der Waals surface area contributed by atoms with Crippen LogP contribution in [0.4, 0.5) is 4.79 Å². The first-order valence-electron chi connectivity index (χ1n) is 9.07. The van der Waals surface area contributed by atoms with E-state index in [0.29, 0.717) is 19.5 Å². The smallest absolute Gasteiger partial charge is 0.409 e. The number of carbonyl (C=O) groups is 2. The molecule has 0 spiro atoms. The molecule has 0 aromatic heterocycles. The molecule has 1 aliphatic carbocycles. The van der Waals surface area contributed by atoms with Gasteiger partial charge in [0, 0.05) is 12.5 Å². The maximum Gasteiger partial charge on any atom is 0.409 e. The predicted molar refractivity (Wildman–Crippen MR) is 98.6 cm³/mol. The fraction of sp³-hybridized carbons (Fsp3) is 0.333. The van der Waals surface area contributed by atoms with Crippen molar-refractivity contribution in [3.63, 3.8) is 0 Å². The van der Waals surface area contributed by atoms with Gasteiger partial charge in [0.1, 0.15) is 13.2 Å². The molecule has 27 heavy (non-hydrogen) atoms. The Balaban J connectivity index is 1.39. The summed E-state index contributed by atoms with van der Waals surface area (Å²) >= 11 is 0. The zero-order valence-corrected chi connectivity index (χ0v) is 14.8. The van der Waals surface area contributed by atoms with Crippen LogP contribution in [-0.2, 0) is 14.3 Å². The van der Waals surface area contributed by atoms with Crippen molar-refractivity contribution >= 4 is 12.1 Å². The second-order valence-corrected chi connectivity index (χ2v) is 6.87. The van der Waals surface area contributed by atoms with Gasteiger partial charge in [-0.15, -0.1) is 0 Å². The number of carboxylic acids is 1. The Kier molecular flexibility index (Phi) is 4.81. The number of carbonyl (C=O) groups excluding carboxylic acids is 1. The third-order valence-electron chi connectivity index (χ3n) is 5.18. The summed E-state index contributed by atoms with van der Waals surface area (Å²) in [5, 5.41) is 8.68. The number of aliphatic carboxylic acids is 1. The molecule has 1 saturated heterocycles. The van der Waals surface area contributed by atoms with Crippen molar-refractivity contribution in [2.24, 2.45) is 0 Å². The molecular weight excluding hydrogens is 346 g/mol. The van der Waals surface area contributed by atoms with E-state index in [1.54, 1.807) is 4.90 Å². The maximum atomic E-state index is 12.4. The fourth-order valence-electron chi connectivity index (χ4n) is 3.90. The maximum absolute atomic E-state index is 12.4. The summed E-state index contributed by atoms with van der Waals surface area (Å²) in [6, 6.07) is 16.4. The van der Waals surface area contributed by atoms with Gasteiger partial charge < -0.3 is 19.5 Å². The molecule has 6 nitrogen and oxygen atoms in total. The van der Waals surface area contributed by atoms with Crippen LogP contribution in [0.2, 0.25) is 0 Å². The minimum Gasteiger partial charge on any atom is -0.480 e. The van der Waals surface area contributed by atoms with Gasteiger partial charge in [0.2, 0.25) is 0 Å². The number of amides is 1. The molecule has 1 fully saturated rings. The standard InChI is InChI=1S/C21H21NO5/c23-20(24)13-26-14-9-10-22(11-14)21(25)27-12-19-17-7-3-1-5-15(17)16-6-2-4-8-18(16)19/h1-8,14,19H,9-13H2,(H,23,24)/t14-/m0/s1. The first kappa shape index (κ1) is 17.5. The van der Waals surface area contributed by atoms with Crippen LogP contribution < -0.4 is 0 Å². The van der Waals surface area contributed by atoms with Crippen molar-refractivity contribution in [2.75, 3.05) is 26.3 Å². The van der Waals surface area contributed by atoms with Crippen molar-refractivity contribution in [2.45, 2.75) is 18.4 Å². The number of ether oxygens (including phenoxy) is 2. The van der Waals surface area contributed by atoms with Crippen LogP contribution in [0, 0.1) is 0 Å². The van der Waals surface area contributed by atoms with Crippen molar-refractivity contribution in [3.05, 3.63) is 59.7 Å². The second-order valence-electron chi connectivity index (χ2n) is 6.87. The SMILES string of the molecule is O=C(O)CO[C@H]1CCN(C(=O)OCC2c3ccccc3-c3ccccc32)C1. The van der Waals surface area contributed by atoms with Gasteiger partial charge >= 0.3 is 12.1 Å². The molecule has 1 heterocycles. The van der Waals surface area contributed by atoms with E-state index < -0.39 is 5.97 Å². The molecule has 1 N–H and O–H groups in total. The van der Waals surface area contributed by atoms with E-state index in [9.17, 15) is 9.59 Å². The van der Waals surface area contributed by atoms with E-state index in [0.717, 1.165) is 0 Å². The van der Waals surface area contributed by atoms with Gasteiger partial charge in [0.05, 0.1) is 12.6 Å². The molecule has 1 amide bonds. The van der Waals surface area contributed by atoms with Crippen LogP contribution >= 0.6 is 0 Å². The summed E-state index contributed by atoms with van der Waals surface area (Å²) in [6.07, 6.45) is -0.00263. The molecule has 6 heteroatoms. The Morgan fingerprint density at radius 1 is 1.04 bits per heavy atom. The molecule has 2 aromatic rings. The highest BCUT2D eigenvalue weighted by atomic mass is 16.6. The Hall–Kier alpha value is -2.86. The van der Waals surface area contributed by atoms with Gasteiger partial charge in [-0.05, 0) is 28.7 Å². The van der Waals surface area contributed by atoms with E-state index in [1.165, 1.54) is 22.3 Å². The number of hydrogen-bond acceptors (Lipinski definition) is 4. The molecular formula is C21H21NO5. The van der Waals surface area contributed by atoms with Crippen LogP contribution in [0.5, 0.6) is 0 Å². The minimum absolute atomic E-state index is 0.0306.